The van der Waals surface area contributed by atoms with Crippen LogP contribution in [0.15, 0.2) is 60.7 Å². The fourth-order valence-corrected chi connectivity index (χ4v) is 3.50. The third-order valence-corrected chi connectivity index (χ3v) is 5.50. The van der Waals surface area contributed by atoms with Gasteiger partial charge in [0.1, 0.15) is 0 Å². The quantitative estimate of drug-likeness (QED) is 0.427. The molecule has 0 unspecified atom stereocenters. The van der Waals surface area contributed by atoms with Crippen LogP contribution >= 0.6 is 11.6 Å². The summed E-state index contributed by atoms with van der Waals surface area (Å²) < 4.78 is 1.72. The number of hydrogen-bond acceptors (Lipinski definition) is 3. The van der Waals surface area contributed by atoms with Crippen molar-refractivity contribution >= 4 is 23.2 Å². The van der Waals surface area contributed by atoms with Gasteiger partial charge in [-0.05, 0) is 74.7 Å². The molecule has 1 aromatic heterocycles. The molecule has 6 heteroatoms. The second kappa shape index (κ2) is 8.36. The zero-order chi connectivity index (χ0) is 22.1. The molecule has 31 heavy (non-hydrogen) atoms. The Morgan fingerprint density at radius 1 is 0.903 bits per heavy atom. The second-order valence-electron chi connectivity index (χ2n) is 7.72. The number of rotatable bonds is 4. The van der Waals surface area contributed by atoms with Gasteiger partial charge in [0.15, 0.2) is 5.82 Å². The summed E-state index contributed by atoms with van der Waals surface area (Å²) in [6, 6.07) is 19.4. The van der Waals surface area contributed by atoms with Gasteiger partial charge in [-0.3, -0.25) is 4.79 Å². The zero-order valence-corrected chi connectivity index (χ0v) is 18.7. The molecule has 0 atom stereocenters. The maximum absolute atomic E-state index is 13.0. The van der Waals surface area contributed by atoms with Crippen molar-refractivity contribution in [3.05, 3.63) is 93.8 Å². The van der Waals surface area contributed by atoms with Crippen LogP contribution < -0.4 is 5.32 Å². The number of anilines is 1. The summed E-state index contributed by atoms with van der Waals surface area (Å²) >= 11 is 6.09. The van der Waals surface area contributed by atoms with Crippen molar-refractivity contribution in [2.24, 2.45) is 0 Å². The number of nitrogens with one attached hydrogen (secondary N) is 1. The van der Waals surface area contributed by atoms with E-state index in [1.165, 1.54) is 5.56 Å². The molecule has 4 rings (SSSR count). The van der Waals surface area contributed by atoms with Crippen LogP contribution in [0.4, 0.5) is 5.69 Å². The molecule has 1 amide bonds. The number of amides is 1. The summed E-state index contributed by atoms with van der Waals surface area (Å²) in [7, 11) is 0. The normalized spacial score (nSPS) is 10.9. The Hall–Kier alpha value is -3.44. The smallest absolute Gasteiger partial charge is 0.295 e. The number of aryl methyl sites for hydroxylation is 4. The lowest BCUT2D eigenvalue weighted by Gasteiger charge is -2.09. The van der Waals surface area contributed by atoms with Crippen molar-refractivity contribution in [2.45, 2.75) is 27.7 Å². The van der Waals surface area contributed by atoms with E-state index in [0.29, 0.717) is 16.5 Å². The largest absolute Gasteiger partial charge is 0.319 e. The minimum Gasteiger partial charge on any atom is -0.319 e. The first-order chi connectivity index (χ1) is 14.8. The standard InChI is InChI=1S/C25H23ClN4O/c1-15-6-5-7-19(12-15)24-28-23(25(31)27-22-14-20(26)10-8-17(22)3)29-30(24)21-11-9-16(2)18(4)13-21/h5-14H,1-4H3,(H,27,31). The molecule has 0 saturated carbocycles. The molecule has 0 fully saturated rings. The van der Waals surface area contributed by atoms with Gasteiger partial charge in [0.25, 0.3) is 5.91 Å². The Morgan fingerprint density at radius 3 is 2.42 bits per heavy atom. The summed E-state index contributed by atoms with van der Waals surface area (Å²) in [5.41, 5.74) is 6.72. The Kier molecular flexibility index (Phi) is 5.61. The van der Waals surface area contributed by atoms with E-state index in [9.17, 15) is 4.79 Å². The fourth-order valence-electron chi connectivity index (χ4n) is 3.32. The van der Waals surface area contributed by atoms with E-state index in [1.54, 1.807) is 16.8 Å². The van der Waals surface area contributed by atoms with Crippen molar-refractivity contribution in [2.75, 3.05) is 5.32 Å². The minimum absolute atomic E-state index is 0.0918. The molecular weight excluding hydrogens is 408 g/mol. The molecule has 0 aliphatic carbocycles. The van der Waals surface area contributed by atoms with Crippen LogP contribution in [0.1, 0.15) is 32.9 Å². The highest BCUT2D eigenvalue weighted by molar-refractivity contribution is 6.31. The van der Waals surface area contributed by atoms with E-state index in [-0.39, 0.29) is 11.7 Å². The summed E-state index contributed by atoms with van der Waals surface area (Å²) in [4.78, 5) is 17.6. The third-order valence-electron chi connectivity index (χ3n) is 5.27. The molecule has 0 saturated heterocycles. The maximum atomic E-state index is 13.0. The Labute approximate surface area is 186 Å². The lowest BCUT2D eigenvalue weighted by atomic mass is 10.1. The van der Waals surface area contributed by atoms with Gasteiger partial charge in [-0.1, -0.05) is 47.5 Å². The van der Waals surface area contributed by atoms with Crippen LogP contribution in [0.25, 0.3) is 17.1 Å². The number of halogens is 1. The molecule has 0 radical (unpaired) electrons. The van der Waals surface area contributed by atoms with Crippen LogP contribution in [-0.2, 0) is 0 Å². The molecular formula is C25H23ClN4O. The average molecular weight is 431 g/mol. The molecule has 3 aromatic carbocycles. The van der Waals surface area contributed by atoms with Gasteiger partial charge in [0.05, 0.1) is 5.69 Å². The molecule has 1 heterocycles. The van der Waals surface area contributed by atoms with Crippen LogP contribution in [0.2, 0.25) is 5.02 Å². The molecule has 4 aromatic rings. The van der Waals surface area contributed by atoms with Crippen molar-refractivity contribution in [3.63, 3.8) is 0 Å². The van der Waals surface area contributed by atoms with Gasteiger partial charge >= 0.3 is 0 Å². The van der Waals surface area contributed by atoms with E-state index >= 15 is 0 Å². The highest BCUT2D eigenvalue weighted by Crippen LogP contribution is 2.25. The van der Waals surface area contributed by atoms with Gasteiger partial charge in [0, 0.05) is 16.3 Å². The zero-order valence-electron chi connectivity index (χ0n) is 17.9. The monoisotopic (exact) mass is 430 g/mol. The number of nitrogens with zero attached hydrogens (tertiary/aromatic N) is 3. The lowest BCUT2D eigenvalue weighted by molar-refractivity contribution is 0.101. The van der Waals surface area contributed by atoms with Gasteiger partial charge in [-0.2, -0.15) is 0 Å². The summed E-state index contributed by atoms with van der Waals surface area (Å²) in [6.07, 6.45) is 0. The van der Waals surface area contributed by atoms with Gasteiger partial charge in [-0.15, -0.1) is 5.10 Å². The highest BCUT2D eigenvalue weighted by Gasteiger charge is 2.20. The predicted molar refractivity (Wildman–Crippen MR) is 125 cm³/mol. The first-order valence-corrected chi connectivity index (χ1v) is 10.4. The van der Waals surface area contributed by atoms with E-state index in [4.69, 9.17) is 11.6 Å². The molecule has 0 spiro atoms. The number of carbonyl (C=O) groups excluding carboxylic acids is 1. The highest BCUT2D eigenvalue weighted by atomic mass is 35.5. The van der Waals surface area contributed by atoms with Crippen molar-refractivity contribution in [1.82, 2.24) is 14.8 Å². The number of aromatic nitrogens is 3. The van der Waals surface area contributed by atoms with Crippen LogP contribution in [0.5, 0.6) is 0 Å². The molecule has 5 nitrogen and oxygen atoms in total. The molecule has 0 aliphatic rings. The lowest BCUT2D eigenvalue weighted by Crippen LogP contribution is -2.15. The first kappa shape index (κ1) is 20.8. The van der Waals surface area contributed by atoms with Crippen LogP contribution in [0, 0.1) is 27.7 Å². The second-order valence-corrected chi connectivity index (χ2v) is 8.16. The van der Waals surface area contributed by atoms with Gasteiger partial charge in [-0.25, -0.2) is 9.67 Å². The summed E-state index contributed by atoms with van der Waals surface area (Å²) in [5, 5.41) is 8.00. The maximum Gasteiger partial charge on any atom is 0.295 e. The Balaban J connectivity index is 1.80. The molecule has 1 N–H and O–H groups in total. The number of benzene rings is 3. The average Bonchev–Trinajstić information content (AvgIpc) is 3.18. The third kappa shape index (κ3) is 4.37. The summed E-state index contributed by atoms with van der Waals surface area (Å²) in [6.45, 7) is 8.05. The van der Waals surface area contributed by atoms with E-state index in [2.05, 4.69) is 29.2 Å². The van der Waals surface area contributed by atoms with Crippen LogP contribution in [0.3, 0.4) is 0 Å². The van der Waals surface area contributed by atoms with Crippen molar-refractivity contribution < 1.29 is 4.79 Å². The van der Waals surface area contributed by atoms with Gasteiger partial charge in [0.2, 0.25) is 5.82 Å². The Morgan fingerprint density at radius 2 is 1.68 bits per heavy atom. The predicted octanol–water partition coefficient (Wildman–Crippen LogP) is 6.07. The van der Waals surface area contributed by atoms with E-state index in [1.807, 2.05) is 62.4 Å². The molecule has 156 valence electrons. The molecule has 0 bridgehead atoms. The number of hydrogen-bond donors (Lipinski definition) is 1. The van der Waals surface area contributed by atoms with Crippen molar-refractivity contribution in [1.29, 1.82) is 0 Å². The molecule has 0 aliphatic heterocycles. The fraction of sp³-hybridized carbons (Fsp3) is 0.160. The van der Waals surface area contributed by atoms with E-state index in [0.717, 1.165) is 27.9 Å². The van der Waals surface area contributed by atoms with Crippen LogP contribution in [-0.4, -0.2) is 20.7 Å². The summed E-state index contributed by atoms with van der Waals surface area (Å²) in [5.74, 6) is 0.316. The Bertz CT molecular complexity index is 1290. The SMILES string of the molecule is Cc1cccc(-c2nc(C(=O)Nc3cc(Cl)ccc3C)nn2-c2ccc(C)c(C)c2)c1. The van der Waals surface area contributed by atoms with E-state index < -0.39 is 0 Å². The number of carbonyl (C=O) groups is 1. The van der Waals surface area contributed by atoms with Crippen molar-refractivity contribution in [3.8, 4) is 17.1 Å². The minimum atomic E-state index is -0.387. The topological polar surface area (TPSA) is 59.8 Å². The first-order valence-electron chi connectivity index (χ1n) is 10.0. The van der Waals surface area contributed by atoms with Gasteiger partial charge < -0.3 is 5.32 Å².